The summed E-state index contributed by atoms with van der Waals surface area (Å²) in [6.07, 6.45) is 12.1. The number of likely N-dealkylation sites (tertiary alicyclic amines) is 1. The van der Waals surface area contributed by atoms with E-state index in [1.807, 2.05) is 17.0 Å². The average Bonchev–Trinajstić information content (AvgIpc) is 3.32. The molecule has 1 aliphatic carbocycles. The highest BCUT2D eigenvalue weighted by atomic mass is 16.5. The summed E-state index contributed by atoms with van der Waals surface area (Å²) in [6.45, 7) is 0.842. The van der Waals surface area contributed by atoms with Crippen LogP contribution in [0.25, 0.3) is 11.3 Å². The van der Waals surface area contributed by atoms with Crippen molar-refractivity contribution in [3.05, 3.63) is 36.3 Å². The van der Waals surface area contributed by atoms with E-state index < -0.39 is 0 Å². The second-order valence-corrected chi connectivity index (χ2v) is 6.92. The topological polar surface area (TPSA) is 59.2 Å². The minimum absolute atomic E-state index is 0.0157. The fourth-order valence-corrected chi connectivity index (χ4v) is 4.22. The zero-order valence-corrected chi connectivity index (χ0v) is 13.9. The zero-order valence-electron chi connectivity index (χ0n) is 13.9. The Bertz CT molecular complexity index is 692. The standard InChI is InChI=1S/C19H23N3O2/c23-19(16-12-18(24-21-16)15-8-4-10-20-13-15)22-11-5-9-17(22)14-6-2-1-3-7-14/h4,8,10,12-14,17H,1-3,5-7,9,11H2/t17-/m0/s1. The molecule has 2 aliphatic rings. The van der Waals surface area contributed by atoms with Crippen LogP contribution in [0, 0.1) is 5.92 Å². The molecule has 5 nitrogen and oxygen atoms in total. The monoisotopic (exact) mass is 325 g/mol. The lowest BCUT2D eigenvalue weighted by molar-refractivity contribution is 0.0651. The normalized spacial score (nSPS) is 22.0. The van der Waals surface area contributed by atoms with E-state index in [2.05, 4.69) is 10.1 Å². The minimum Gasteiger partial charge on any atom is -0.355 e. The first kappa shape index (κ1) is 15.4. The predicted octanol–water partition coefficient (Wildman–Crippen LogP) is 3.92. The lowest BCUT2D eigenvalue weighted by atomic mass is 9.83. The Morgan fingerprint density at radius 3 is 2.83 bits per heavy atom. The molecule has 2 aromatic heterocycles. The van der Waals surface area contributed by atoms with Gasteiger partial charge in [-0.05, 0) is 43.7 Å². The number of aromatic nitrogens is 2. The number of hydrogen-bond donors (Lipinski definition) is 0. The van der Waals surface area contributed by atoms with Crippen LogP contribution in [0.15, 0.2) is 35.1 Å². The molecule has 4 rings (SSSR count). The van der Waals surface area contributed by atoms with Gasteiger partial charge in [-0.3, -0.25) is 9.78 Å². The van der Waals surface area contributed by atoms with Crippen LogP contribution in [0.3, 0.4) is 0 Å². The van der Waals surface area contributed by atoms with E-state index in [0.29, 0.717) is 23.4 Å². The second kappa shape index (κ2) is 6.75. The number of pyridine rings is 1. The molecular formula is C19H23N3O2. The number of amides is 1. The minimum atomic E-state index is 0.0157. The SMILES string of the molecule is O=C(c1cc(-c2cccnc2)on1)N1CCC[C@H]1C1CCCCC1. The van der Waals surface area contributed by atoms with Gasteiger partial charge in [0.2, 0.25) is 0 Å². The van der Waals surface area contributed by atoms with Gasteiger partial charge in [-0.25, -0.2) is 0 Å². The molecule has 0 N–H and O–H groups in total. The maximum atomic E-state index is 12.9. The van der Waals surface area contributed by atoms with Gasteiger partial charge in [-0.1, -0.05) is 24.4 Å². The van der Waals surface area contributed by atoms with Gasteiger partial charge < -0.3 is 9.42 Å². The Kier molecular flexibility index (Phi) is 4.32. The highest BCUT2D eigenvalue weighted by Crippen LogP contribution is 2.35. The van der Waals surface area contributed by atoms with E-state index in [4.69, 9.17) is 4.52 Å². The highest BCUT2D eigenvalue weighted by Gasteiger charge is 2.36. The van der Waals surface area contributed by atoms with Crippen LogP contribution in [-0.2, 0) is 0 Å². The summed E-state index contributed by atoms with van der Waals surface area (Å²) in [6, 6.07) is 5.88. The summed E-state index contributed by atoms with van der Waals surface area (Å²) in [7, 11) is 0. The fraction of sp³-hybridized carbons (Fsp3) is 0.526. The van der Waals surface area contributed by atoms with E-state index in [0.717, 1.165) is 24.9 Å². The summed E-state index contributed by atoms with van der Waals surface area (Å²) >= 11 is 0. The van der Waals surface area contributed by atoms with Crippen LogP contribution in [0.2, 0.25) is 0 Å². The van der Waals surface area contributed by atoms with Crippen LogP contribution in [0.1, 0.15) is 55.4 Å². The van der Waals surface area contributed by atoms with Gasteiger partial charge >= 0.3 is 0 Å². The first-order valence-electron chi connectivity index (χ1n) is 9.01. The van der Waals surface area contributed by atoms with Gasteiger partial charge in [-0.2, -0.15) is 0 Å². The zero-order chi connectivity index (χ0) is 16.4. The number of hydrogen-bond acceptors (Lipinski definition) is 4. The molecule has 0 unspecified atom stereocenters. The van der Waals surface area contributed by atoms with E-state index in [9.17, 15) is 4.79 Å². The van der Waals surface area contributed by atoms with Gasteiger partial charge in [0.1, 0.15) is 0 Å². The molecule has 0 aromatic carbocycles. The highest BCUT2D eigenvalue weighted by molar-refractivity contribution is 5.93. The second-order valence-electron chi connectivity index (χ2n) is 6.92. The number of nitrogens with zero attached hydrogens (tertiary/aromatic N) is 3. The van der Waals surface area contributed by atoms with Crippen molar-refractivity contribution >= 4 is 5.91 Å². The largest absolute Gasteiger partial charge is 0.355 e. The van der Waals surface area contributed by atoms with Crippen LogP contribution < -0.4 is 0 Å². The third-order valence-corrected chi connectivity index (χ3v) is 5.43. The van der Waals surface area contributed by atoms with Crippen molar-refractivity contribution < 1.29 is 9.32 Å². The number of rotatable bonds is 3. The third-order valence-electron chi connectivity index (χ3n) is 5.43. The molecule has 1 aliphatic heterocycles. The molecule has 3 heterocycles. The molecule has 126 valence electrons. The first-order chi connectivity index (χ1) is 11.8. The van der Waals surface area contributed by atoms with Crippen LogP contribution in [0.4, 0.5) is 0 Å². The van der Waals surface area contributed by atoms with Crippen molar-refractivity contribution in [1.29, 1.82) is 0 Å². The molecule has 5 heteroatoms. The summed E-state index contributed by atoms with van der Waals surface area (Å²) in [5.74, 6) is 1.27. The van der Waals surface area contributed by atoms with Gasteiger partial charge in [0, 0.05) is 36.6 Å². The fourth-order valence-electron chi connectivity index (χ4n) is 4.22. The lowest BCUT2D eigenvalue weighted by Crippen LogP contribution is -2.40. The smallest absolute Gasteiger partial charge is 0.276 e. The Labute approximate surface area is 142 Å². The molecule has 1 saturated heterocycles. The Hall–Kier alpha value is -2.17. The van der Waals surface area contributed by atoms with Crippen molar-refractivity contribution in [3.8, 4) is 11.3 Å². The molecule has 0 bridgehead atoms. The van der Waals surface area contributed by atoms with Gasteiger partial charge in [0.25, 0.3) is 5.91 Å². The molecule has 0 spiro atoms. The Morgan fingerprint density at radius 2 is 2.04 bits per heavy atom. The van der Waals surface area contributed by atoms with Gasteiger partial charge in [0.15, 0.2) is 11.5 Å². The maximum Gasteiger partial charge on any atom is 0.276 e. The van der Waals surface area contributed by atoms with E-state index >= 15 is 0 Å². The van der Waals surface area contributed by atoms with Crippen molar-refractivity contribution in [2.75, 3.05) is 6.54 Å². The number of carbonyl (C=O) groups excluding carboxylic acids is 1. The molecule has 1 amide bonds. The summed E-state index contributed by atoms with van der Waals surface area (Å²) in [5.41, 5.74) is 1.26. The molecule has 2 fully saturated rings. The molecule has 1 saturated carbocycles. The van der Waals surface area contributed by atoms with Crippen LogP contribution in [0.5, 0.6) is 0 Å². The molecular weight excluding hydrogens is 302 g/mol. The van der Waals surface area contributed by atoms with E-state index in [-0.39, 0.29) is 5.91 Å². The molecule has 1 atom stereocenters. The van der Waals surface area contributed by atoms with Crippen LogP contribution in [-0.4, -0.2) is 33.5 Å². The van der Waals surface area contributed by atoms with Gasteiger partial charge in [-0.15, -0.1) is 0 Å². The quantitative estimate of drug-likeness (QED) is 0.858. The summed E-state index contributed by atoms with van der Waals surface area (Å²) < 4.78 is 5.37. The van der Waals surface area contributed by atoms with Crippen molar-refractivity contribution in [3.63, 3.8) is 0 Å². The Morgan fingerprint density at radius 1 is 1.17 bits per heavy atom. The third kappa shape index (κ3) is 2.95. The van der Waals surface area contributed by atoms with E-state index in [1.165, 1.54) is 32.1 Å². The summed E-state index contributed by atoms with van der Waals surface area (Å²) in [5, 5.41) is 4.02. The van der Waals surface area contributed by atoms with E-state index in [1.54, 1.807) is 18.5 Å². The molecule has 0 radical (unpaired) electrons. The average molecular weight is 325 g/mol. The lowest BCUT2D eigenvalue weighted by Gasteiger charge is -2.33. The number of carbonyl (C=O) groups is 1. The van der Waals surface area contributed by atoms with Crippen molar-refractivity contribution in [2.45, 2.75) is 51.0 Å². The Balaban J connectivity index is 1.51. The first-order valence-corrected chi connectivity index (χ1v) is 9.01. The maximum absolute atomic E-state index is 12.9. The molecule has 24 heavy (non-hydrogen) atoms. The van der Waals surface area contributed by atoms with Crippen molar-refractivity contribution in [2.24, 2.45) is 5.92 Å². The van der Waals surface area contributed by atoms with Crippen LogP contribution >= 0.6 is 0 Å². The van der Waals surface area contributed by atoms with Crippen molar-refractivity contribution in [1.82, 2.24) is 15.0 Å². The predicted molar refractivity (Wildman–Crippen MR) is 90.4 cm³/mol. The molecule has 2 aromatic rings. The summed E-state index contributed by atoms with van der Waals surface area (Å²) in [4.78, 5) is 19.1. The van der Waals surface area contributed by atoms with Gasteiger partial charge in [0.05, 0.1) is 0 Å².